The molecule has 7 heteroatoms. The number of hydrogen-bond donors (Lipinski definition) is 1. The lowest BCUT2D eigenvalue weighted by Gasteiger charge is -2.20. The van der Waals surface area contributed by atoms with Gasteiger partial charge < -0.3 is 14.5 Å². The van der Waals surface area contributed by atoms with Gasteiger partial charge in [-0.05, 0) is 44.2 Å². The SMILES string of the molecule is Cc1noc([C@H]2C[C@@H](O)CN2C(=O)c2cc3c(s2)CCCCC3)n1. The van der Waals surface area contributed by atoms with Gasteiger partial charge in [0, 0.05) is 17.8 Å². The van der Waals surface area contributed by atoms with Crippen LogP contribution in [0.25, 0.3) is 0 Å². The predicted molar refractivity (Wildman–Crippen MR) is 89.0 cm³/mol. The van der Waals surface area contributed by atoms with Gasteiger partial charge in [-0.15, -0.1) is 11.3 Å². The van der Waals surface area contributed by atoms with E-state index in [9.17, 15) is 9.90 Å². The number of aliphatic hydroxyl groups is 1. The second-order valence-electron chi connectivity index (χ2n) is 6.66. The lowest BCUT2D eigenvalue weighted by atomic mass is 10.1. The summed E-state index contributed by atoms with van der Waals surface area (Å²) >= 11 is 1.61. The number of nitrogens with zero attached hydrogens (tertiary/aromatic N) is 3. The molecule has 24 heavy (non-hydrogen) atoms. The number of carbonyl (C=O) groups is 1. The smallest absolute Gasteiger partial charge is 0.264 e. The number of hydrogen-bond acceptors (Lipinski definition) is 6. The fraction of sp³-hybridized carbons (Fsp3) is 0.588. The molecule has 0 radical (unpaired) electrons. The molecule has 0 spiro atoms. The first-order chi connectivity index (χ1) is 11.6. The third kappa shape index (κ3) is 2.86. The first-order valence-electron chi connectivity index (χ1n) is 8.52. The molecule has 4 rings (SSSR count). The highest BCUT2D eigenvalue weighted by atomic mass is 32.1. The lowest BCUT2D eigenvalue weighted by Crippen LogP contribution is -2.31. The van der Waals surface area contributed by atoms with Crippen LogP contribution >= 0.6 is 11.3 Å². The minimum atomic E-state index is -0.552. The first kappa shape index (κ1) is 15.8. The molecule has 2 aliphatic rings. The van der Waals surface area contributed by atoms with Crippen molar-refractivity contribution in [3.63, 3.8) is 0 Å². The Hall–Kier alpha value is -1.73. The van der Waals surface area contributed by atoms with E-state index in [0.29, 0.717) is 24.7 Å². The Morgan fingerprint density at radius 3 is 3.00 bits per heavy atom. The maximum Gasteiger partial charge on any atom is 0.264 e. The van der Waals surface area contributed by atoms with Crippen molar-refractivity contribution in [3.8, 4) is 0 Å². The highest BCUT2D eigenvalue weighted by Gasteiger charge is 2.39. The molecule has 3 heterocycles. The number of β-amino-alcohol motifs (C(OH)–C–C–N with tert-alkyl or cyclic N) is 1. The Kier molecular flexibility index (Phi) is 4.14. The topological polar surface area (TPSA) is 79.5 Å². The molecular formula is C17H21N3O3S. The average Bonchev–Trinajstić information content (AvgIpc) is 3.22. The molecule has 0 saturated carbocycles. The highest BCUT2D eigenvalue weighted by Crippen LogP contribution is 2.35. The Bertz CT molecular complexity index is 731. The quantitative estimate of drug-likeness (QED) is 0.845. The van der Waals surface area contributed by atoms with Crippen molar-refractivity contribution in [1.82, 2.24) is 15.0 Å². The lowest BCUT2D eigenvalue weighted by molar-refractivity contribution is 0.0698. The van der Waals surface area contributed by atoms with Gasteiger partial charge in [0.05, 0.1) is 11.0 Å². The number of rotatable bonds is 2. The van der Waals surface area contributed by atoms with Crippen LogP contribution in [0, 0.1) is 6.92 Å². The third-order valence-corrected chi connectivity index (χ3v) is 6.05. The summed E-state index contributed by atoms with van der Waals surface area (Å²) in [6.07, 6.45) is 5.69. The zero-order valence-electron chi connectivity index (χ0n) is 13.7. The first-order valence-corrected chi connectivity index (χ1v) is 9.34. The number of thiophene rings is 1. The van der Waals surface area contributed by atoms with Gasteiger partial charge in [0.15, 0.2) is 5.82 Å². The van der Waals surface area contributed by atoms with Crippen molar-refractivity contribution in [2.75, 3.05) is 6.54 Å². The van der Waals surface area contributed by atoms with Crippen LogP contribution in [0.1, 0.15) is 63.6 Å². The van der Waals surface area contributed by atoms with Crippen molar-refractivity contribution in [3.05, 3.63) is 33.1 Å². The Labute approximate surface area is 144 Å². The van der Waals surface area contributed by atoms with E-state index in [0.717, 1.165) is 17.7 Å². The molecule has 0 bridgehead atoms. The molecule has 2 aromatic rings. The molecule has 1 amide bonds. The number of aromatic nitrogens is 2. The van der Waals surface area contributed by atoms with E-state index < -0.39 is 6.10 Å². The summed E-state index contributed by atoms with van der Waals surface area (Å²) < 4.78 is 5.25. The normalized spacial score (nSPS) is 24.0. The highest BCUT2D eigenvalue weighted by molar-refractivity contribution is 7.14. The van der Waals surface area contributed by atoms with Gasteiger partial charge in [0.1, 0.15) is 6.04 Å². The summed E-state index contributed by atoms with van der Waals surface area (Å²) in [4.78, 5) is 21.1. The number of aliphatic hydroxyl groups excluding tert-OH is 1. The van der Waals surface area contributed by atoms with Crippen molar-refractivity contribution >= 4 is 17.2 Å². The molecule has 0 unspecified atom stereocenters. The van der Waals surface area contributed by atoms with E-state index >= 15 is 0 Å². The van der Waals surface area contributed by atoms with Crippen LogP contribution in [-0.4, -0.2) is 38.7 Å². The Morgan fingerprint density at radius 1 is 1.38 bits per heavy atom. The van der Waals surface area contributed by atoms with Crippen LogP contribution in [0.15, 0.2) is 10.6 Å². The maximum absolute atomic E-state index is 13.0. The van der Waals surface area contributed by atoms with Crippen molar-refractivity contribution in [2.24, 2.45) is 0 Å². The molecule has 1 N–H and O–H groups in total. The molecule has 1 aliphatic heterocycles. The Balaban J connectivity index is 1.60. The fourth-order valence-electron chi connectivity index (χ4n) is 3.64. The van der Waals surface area contributed by atoms with Crippen LogP contribution in [-0.2, 0) is 12.8 Å². The van der Waals surface area contributed by atoms with Crippen LogP contribution < -0.4 is 0 Å². The van der Waals surface area contributed by atoms with E-state index in [1.54, 1.807) is 23.2 Å². The summed E-state index contributed by atoms with van der Waals surface area (Å²) in [6.45, 7) is 2.06. The number of carbonyl (C=O) groups excluding carboxylic acids is 1. The number of aryl methyl sites for hydroxylation is 3. The predicted octanol–water partition coefficient (Wildman–Crippen LogP) is 2.66. The molecule has 2 atom stereocenters. The Morgan fingerprint density at radius 2 is 2.21 bits per heavy atom. The molecule has 0 aromatic carbocycles. The van der Waals surface area contributed by atoms with Gasteiger partial charge in [-0.3, -0.25) is 4.79 Å². The van der Waals surface area contributed by atoms with Crippen molar-refractivity contribution < 1.29 is 14.4 Å². The molecular weight excluding hydrogens is 326 g/mol. The molecule has 128 valence electrons. The van der Waals surface area contributed by atoms with Crippen molar-refractivity contribution in [2.45, 2.75) is 57.6 Å². The van der Waals surface area contributed by atoms with E-state index in [1.807, 2.05) is 0 Å². The summed E-state index contributed by atoms with van der Waals surface area (Å²) in [7, 11) is 0. The molecule has 1 fully saturated rings. The molecule has 2 aromatic heterocycles. The summed E-state index contributed by atoms with van der Waals surface area (Å²) in [5, 5.41) is 13.9. The van der Waals surface area contributed by atoms with E-state index in [2.05, 4.69) is 16.2 Å². The standard InChI is InChI=1S/C17H21N3O3S/c1-10-18-16(23-19-10)13-8-12(21)9-20(13)17(22)15-7-11-5-3-2-4-6-14(11)24-15/h7,12-13,21H,2-6,8-9H2,1H3/t12-,13-/m1/s1. The molecule has 6 nitrogen and oxygen atoms in total. The number of fused-ring (bicyclic) bond motifs is 1. The van der Waals surface area contributed by atoms with Crippen LogP contribution in [0.5, 0.6) is 0 Å². The zero-order valence-corrected chi connectivity index (χ0v) is 14.5. The average molecular weight is 347 g/mol. The summed E-state index contributed by atoms with van der Waals surface area (Å²) in [6, 6.07) is 1.71. The number of likely N-dealkylation sites (tertiary alicyclic amines) is 1. The molecule has 1 saturated heterocycles. The van der Waals surface area contributed by atoms with Gasteiger partial charge in [-0.1, -0.05) is 11.6 Å². The van der Waals surface area contributed by atoms with Gasteiger partial charge in [0.2, 0.25) is 5.89 Å². The van der Waals surface area contributed by atoms with Gasteiger partial charge >= 0.3 is 0 Å². The van der Waals surface area contributed by atoms with Crippen LogP contribution in [0.4, 0.5) is 0 Å². The third-order valence-electron chi connectivity index (χ3n) is 4.83. The van der Waals surface area contributed by atoms with E-state index in [1.165, 1.54) is 29.7 Å². The van der Waals surface area contributed by atoms with Gasteiger partial charge in [-0.2, -0.15) is 4.98 Å². The van der Waals surface area contributed by atoms with E-state index in [4.69, 9.17) is 4.52 Å². The largest absolute Gasteiger partial charge is 0.391 e. The summed E-state index contributed by atoms with van der Waals surface area (Å²) in [5.41, 5.74) is 1.32. The second-order valence-corrected chi connectivity index (χ2v) is 7.80. The monoisotopic (exact) mass is 347 g/mol. The van der Waals surface area contributed by atoms with Crippen molar-refractivity contribution in [1.29, 1.82) is 0 Å². The van der Waals surface area contributed by atoms with Gasteiger partial charge in [0.25, 0.3) is 5.91 Å². The second kappa shape index (κ2) is 6.29. The van der Waals surface area contributed by atoms with Crippen LogP contribution in [0.2, 0.25) is 0 Å². The summed E-state index contributed by atoms with van der Waals surface area (Å²) in [5.74, 6) is 0.919. The number of amides is 1. The molecule has 1 aliphatic carbocycles. The maximum atomic E-state index is 13.0. The fourth-order valence-corrected chi connectivity index (χ4v) is 4.84. The van der Waals surface area contributed by atoms with Gasteiger partial charge in [-0.25, -0.2) is 0 Å². The minimum absolute atomic E-state index is 0.0366. The van der Waals surface area contributed by atoms with E-state index in [-0.39, 0.29) is 11.9 Å². The minimum Gasteiger partial charge on any atom is -0.391 e. The zero-order chi connectivity index (χ0) is 16.7. The van der Waals surface area contributed by atoms with Crippen LogP contribution in [0.3, 0.4) is 0 Å².